The Morgan fingerprint density at radius 1 is 1.11 bits per heavy atom. The molecule has 0 saturated heterocycles. The monoisotopic (exact) mass is 496 g/mol. The number of methoxy groups -OCH3 is 2. The van der Waals surface area contributed by atoms with Crippen LogP contribution in [-0.4, -0.2) is 44.1 Å². The van der Waals surface area contributed by atoms with Crippen molar-refractivity contribution in [3.63, 3.8) is 0 Å². The second-order valence-corrected chi connectivity index (χ2v) is 8.75. The van der Waals surface area contributed by atoms with Crippen LogP contribution in [0.3, 0.4) is 0 Å². The Hall–Kier alpha value is -3.42. The Morgan fingerprint density at radius 3 is 2.51 bits per heavy atom. The molecule has 1 aliphatic heterocycles. The number of fused-ring (bicyclic) bond motifs is 1. The zero-order valence-corrected chi connectivity index (χ0v) is 20.4. The Kier molecular flexibility index (Phi) is 7.38. The van der Waals surface area contributed by atoms with E-state index in [1.807, 2.05) is 6.92 Å². The number of halogens is 2. The van der Waals surface area contributed by atoms with Gasteiger partial charge >= 0.3 is 0 Å². The van der Waals surface area contributed by atoms with E-state index < -0.39 is 17.8 Å². The molecule has 1 aliphatic rings. The molecule has 6 nitrogen and oxygen atoms in total. The van der Waals surface area contributed by atoms with Gasteiger partial charge in [-0.05, 0) is 47.9 Å². The van der Waals surface area contributed by atoms with Gasteiger partial charge in [-0.1, -0.05) is 41.9 Å². The number of rotatable bonds is 7. The third kappa shape index (κ3) is 4.88. The van der Waals surface area contributed by atoms with Crippen LogP contribution in [0.1, 0.15) is 39.0 Å². The van der Waals surface area contributed by atoms with Gasteiger partial charge in [-0.3, -0.25) is 9.59 Å². The van der Waals surface area contributed by atoms with Crippen molar-refractivity contribution in [2.24, 2.45) is 0 Å². The second kappa shape index (κ2) is 10.5. The van der Waals surface area contributed by atoms with Gasteiger partial charge in [-0.15, -0.1) is 0 Å². The average Bonchev–Trinajstić information content (AvgIpc) is 2.86. The number of carbonyl (C=O) groups is 2. The number of carbonyl (C=O) groups excluding carboxylic acids is 2. The highest BCUT2D eigenvalue weighted by Gasteiger charge is 2.44. The van der Waals surface area contributed by atoms with Gasteiger partial charge in [0.05, 0.1) is 31.4 Å². The van der Waals surface area contributed by atoms with Gasteiger partial charge in [0.2, 0.25) is 5.91 Å². The fourth-order valence-corrected chi connectivity index (χ4v) is 4.64. The minimum Gasteiger partial charge on any atom is -0.495 e. The van der Waals surface area contributed by atoms with E-state index in [0.717, 1.165) is 5.56 Å². The minimum atomic E-state index is -0.771. The van der Waals surface area contributed by atoms with Crippen LogP contribution in [0.4, 0.5) is 10.1 Å². The minimum absolute atomic E-state index is 0.212. The molecule has 1 N–H and O–H groups in total. The zero-order chi connectivity index (χ0) is 25.1. The average molecular weight is 497 g/mol. The number of anilines is 1. The van der Waals surface area contributed by atoms with Crippen LogP contribution >= 0.6 is 11.6 Å². The summed E-state index contributed by atoms with van der Waals surface area (Å²) in [4.78, 5) is 29.1. The molecule has 8 heteroatoms. The van der Waals surface area contributed by atoms with Crippen molar-refractivity contribution < 1.29 is 23.5 Å². The predicted octanol–water partition coefficient (Wildman–Crippen LogP) is 5.36. The highest BCUT2D eigenvalue weighted by atomic mass is 35.5. The summed E-state index contributed by atoms with van der Waals surface area (Å²) in [7, 11) is 3.05. The molecule has 2 atom stereocenters. The fourth-order valence-electron chi connectivity index (χ4n) is 4.48. The van der Waals surface area contributed by atoms with Crippen LogP contribution < -0.4 is 10.1 Å². The Morgan fingerprint density at radius 2 is 1.83 bits per heavy atom. The summed E-state index contributed by atoms with van der Waals surface area (Å²) in [6.07, 6.45) is 0. The van der Waals surface area contributed by atoms with E-state index in [1.54, 1.807) is 60.5 Å². The molecule has 3 aromatic carbocycles. The summed E-state index contributed by atoms with van der Waals surface area (Å²) in [5.74, 6) is -1.30. The molecule has 2 amide bonds. The number of benzene rings is 3. The largest absolute Gasteiger partial charge is 0.495 e. The lowest BCUT2D eigenvalue weighted by Crippen LogP contribution is -2.47. The highest BCUT2D eigenvalue weighted by molar-refractivity contribution is 6.31. The maximum absolute atomic E-state index is 13.9. The third-order valence-electron chi connectivity index (χ3n) is 6.21. The second-order valence-electron chi connectivity index (χ2n) is 8.34. The van der Waals surface area contributed by atoms with Crippen molar-refractivity contribution in [3.8, 4) is 5.75 Å². The molecule has 0 spiro atoms. The molecule has 0 aliphatic carbocycles. The van der Waals surface area contributed by atoms with Crippen molar-refractivity contribution in [1.82, 2.24) is 4.90 Å². The highest BCUT2D eigenvalue weighted by Crippen LogP contribution is 2.44. The van der Waals surface area contributed by atoms with Gasteiger partial charge in [0.25, 0.3) is 5.91 Å². The van der Waals surface area contributed by atoms with Gasteiger partial charge in [-0.25, -0.2) is 4.39 Å². The van der Waals surface area contributed by atoms with E-state index >= 15 is 0 Å². The molecule has 3 aromatic rings. The molecule has 4 rings (SSSR count). The summed E-state index contributed by atoms with van der Waals surface area (Å²) in [6.45, 7) is 2.38. The smallest absolute Gasteiger partial charge is 0.254 e. The number of ether oxygens (including phenoxy) is 2. The van der Waals surface area contributed by atoms with Crippen molar-refractivity contribution in [2.45, 2.75) is 18.9 Å². The molecule has 0 aromatic heterocycles. The molecule has 0 radical (unpaired) electrons. The van der Waals surface area contributed by atoms with Gasteiger partial charge in [0.1, 0.15) is 11.6 Å². The van der Waals surface area contributed by atoms with Crippen LogP contribution in [0.5, 0.6) is 5.75 Å². The molecule has 0 bridgehead atoms. The van der Waals surface area contributed by atoms with Gasteiger partial charge in [-0.2, -0.15) is 0 Å². The molecule has 0 fully saturated rings. The normalized spacial score (nSPS) is 17.2. The summed E-state index contributed by atoms with van der Waals surface area (Å²) in [5.41, 5.74) is 2.93. The van der Waals surface area contributed by atoms with Crippen LogP contribution in [0.25, 0.3) is 0 Å². The number of hydrogen-bond acceptors (Lipinski definition) is 4. The summed E-state index contributed by atoms with van der Waals surface area (Å²) in [5, 5.41) is 3.49. The third-order valence-corrected chi connectivity index (χ3v) is 6.61. The van der Waals surface area contributed by atoms with Crippen LogP contribution in [-0.2, 0) is 9.53 Å². The van der Waals surface area contributed by atoms with Gasteiger partial charge in [0.15, 0.2) is 0 Å². The summed E-state index contributed by atoms with van der Waals surface area (Å²) < 4.78 is 24.4. The SMILES string of the molecule is COCCN1C(=O)c2ccccc2C(C(=O)Nc2cc(C)c(Cl)cc2OC)C1c1ccc(F)cc1. The number of aryl methyl sites for hydroxylation is 1. The van der Waals surface area contributed by atoms with Crippen molar-refractivity contribution in [3.05, 3.63) is 93.8 Å². The molecule has 35 heavy (non-hydrogen) atoms. The van der Waals surface area contributed by atoms with Gasteiger partial charge in [0, 0.05) is 30.3 Å². The maximum Gasteiger partial charge on any atom is 0.254 e. The number of amides is 2. The van der Waals surface area contributed by atoms with Crippen molar-refractivity contribution in [1.29, 1.82) is 0 Å². The number of hydrogen-bond donors (Lipinski definition) is 1. The Labute approximate surface area is 208 Å². The Bertz CT molecular complexity index is 1250. The first-order valence-electron chi connectivity index (χ1n) is 11.1. The fraction of sp³-hybridized carbons (Fsp3) is 0.259. The first kappa shape index (κ1) is 24.7. The number of nitrogens with zero attached hydrogens (tertiary/aromatic N) is 1. The summed E-state index contributed by atoms with van der Waals surface area (Å²) in [6, 6.07) is 15.6. The van der Waals surface area contributed by atoms with E-state index in [1.165, 1.54) is 19.2 Å². The Balaban J connectivity index is 1.84. The zero-order valence-electron chi connectivity index (χ0n) is 19.7. The molecular formula is C27H26ClFN2O4. The van der Waals surface area contributed by atoms with E-state index in [4.69, 9.17) is 21.1 Å². The molecule has 1 heterocycles. The van der Waals surface area contributed by atoms with Gasteiger partial charge < -0.3 is 19.7 Å². The molecule has 0 saturated carbocycles. The lowest BCUT2D eigenvalue weighted by atomic mass is 9.79. The lowest BCUT2D eigenvalue weighted by Gasteiger charge is -2.41. The van der Waals surface area contributed by atoms with E-state index in [2.05, 4.69) is 5.32 Å². The molecule has 182 valence electrons. The van der Waals surface area contributed by atoms with Crippen LogP contribution in [0.15, 0.2) is 60.7 Å². The topological polar surface area (TPSA) is 67.9 Å². The molecular weight excluding hydrogens is 471 g/mol. The van der Waals surface area contributed by atoms with Crippen LogP contribution in [0.2, 0.25) is 5.02 Å². The van der Waals surface area contributed by atoms with E-state index in [-0.39, 0.29) is 25.0 Å². The van der Waals surface area contributed by atoms with Crippen LogP contribution in [0, 0.1) is 12.7 Å². The van der Waals surface area contributed by atoms with Crippen molar-refractivity contribution >= 4 is 29.1 Å². The predicted molar refractivity (Wildman–Crippen MR) is 133 cm³/mol. The number of nitrogens with one attached hydrogen (secondary N) is 1. The lowest BCUT2D eigenvalue weighted by molar-refractivity contribution is -0.119. The maximum atomic E-state index is 13.9. The summed E-state index contributed by atoms with van der Waals surface area (Å²) >= 11 is 6.24. The molecule has 2 unspecified atom stereocenters. The van der Waals surface area contributed by atoms with Crippen molar-refractivity contribution in [2.75, 3.05) is 32.7 Å². The first-order chi connectivity index (χ1) is 16.8. The van der Waals surface area contributed by atoms with E-state index in [9.17, 15) is 14.0 Å². The first-order valence-corrected chi connectivity index (χ1v) is 11.5. The quantitative estimate of drug-likeness (QED) is 0.478. The standard InChI is InChI=1S/C27H26ClFN2O4/c1-16-14-22(23(35-3)15-21(16)28)30-26(32)24-19-6-4-5-7-20(19)27(33)31(12-13-34-2)25(24)17-8-10-18(29)11-9-17/h4-11,14-15,24-25H,12-13H2,1-3H3,(H,30,32). The van der Waals surface area contributed by atoms with E-state index in [0.29, 0.717) is 33.1 Å².